The van der Waals surface area contributed by atoms with Crippen molar-refractivity contribution < 1.29 is 14.1 Å². The Labute approximate surface area is 128 Å². The van der Waals surface area contributed by atoms with Crippen molar-refractivity contribution in [1.82, 2.24) is 5.32 Å². The van der Waals surface area contributed by atoms with Crippen molar-refractivity contribution in [3.63, 3.8) is 0 Å². The summed E-state index contributed by atoms with van der Waals surface area (Å²) in [5.41, 5.74) is 1.27. The molecule has 1 fully saturated rings. The summed E-state index contributed by atoms with van der Waals surface area (Å²) in [5, 5.41) is 12.6. The van der Waals surface area contributed by atoms with E-state index in [2.05, 4.69) is 5.32 Å². The van der Waals surface area contributed by atoms with Gasteiger partial charge in [0.05, 0.1) is 6.61 Å². The summed E-state index contributed by atoms with van der Waals surface area (Å²) in [6.45, 7) is 2.11. The second kappa shape index (κ2) is 6.71. The zero-order chi connectivity index (χ0) is 15.5. The third-order valence-corrected chi connectivity index (χ3v) is 5.05. The minimum absolute atomic E-state index is 0.0129. The second-order valence-electron chi connectivity index (χ2n) is 6.15. The van der Waals surface area contributed by atoms with Crippen LogP contribution < -0.4 is 5.32 Å². The highest BCUT2D eigenvalue weighted by Crippen LogP contribution is 2.37. The molecule has 1 aromatic rings. The van der Waals surface area contributed by atoms with Gasteiger partial charge in [0.25, 0.3) is 5.91 Å². The molecule has 0 aliphatic heterocycles. The molecule has 0 radical (unpaired) electrons. The standard InChI is InChI=1S/C16H23NO3S/c1-16(11-18)8-4-7-14(16)17-15(19)13-6-3-5-12(9-13)10-21(2)20/h3,5-6,9,14,18H,4,7-8,10-11H2,1-2H3,(H,17,19). The molecule has 1 aliphatic carbocycles. The zero-order valence-electron chi connectivity index (χ0n) is 12.6. The Balaban J connectivity index is 2.08. The molecule has 4 nitrogen and oxygen atoms in total. The van der Waals surface area contributed by atoms with Gasteiger partial charge in [0.2, 0.25) is 0 Å². The molecule has 5 heteroatoms. The molecule has 1 amide bonds. The van der Waals surface area contributed by atoms with Crippen LogP contribution in [0.4, 0.5) is 0 Å². The number of aliphatic hydroxyl groups is 1. The molecule has 1 aliphatic rings. The normalized spacial score (nSPS) is 26.5. The van der Waals surface area contributed by atoms with Crippen molar-refractivity contribution in [3.8, 4) is 0 Å². The van der Waals surface area contributed by atoms with Gasteiger partial charge in [-0.2, -0.15) is 0 Å². The molecule has 0 bridgehead atoms. The highest BCUT2D eigenvalue weighted by molar-refractivity contribution is 7.83. The fraction of sp³-hybridized carbons (Fsp3) is 0.562. The summed E-state index contributed by atoms with van der Waals surface area (Å²) in [6.07, 6.45) is 4.51. The van der Waals surface area contributed by atoms with E-state index in [1.165, 1.54) is 0 Å². The quantitative estimate of drug-likeness (QED) is 0.872. The van der Waals surface area contributed by atoms with E-state index in [0.29, 0.717) is 11.3 Å². The molecule has 0 aromatic heterocycles. The first-order valence-electron chi connectivity index (χ1n) is 7.25. The fourth-order valence-corrected chi connectivity index (χ4v) is 3.60. The maximum atomic E-state index is 12.4. The summed E-state index contributed by atoms with van der Waals surface area (Å²) < 4.78 is 11.3. The van der Waals surface area contributed by atoms with Crippen molar-refractivity contribution >= 4 is 16.7 Å². The minimum atomic E-state index is -0.921. The molecule has 3 atom stereocenters. The zero-order valence-corrected chi connectivity index (χ0v) is 13.4. The molecular weight excluding hydrogens is 286 g/mol. The summed E-state index contributed by atoms with van der Waals surface area (Å²) >= 11 is 0. The van der Waals surface area contributed by atoms with Crippen molar-refractivity contribution in [1.29, 1.82) is 0 Å². The van der Waals surface area contributed by atoms with Crippen LogP contribution in [0.15, 0.2) is 24.3 Å². The van der Waals surface area contributed by atoms with Crippen LogP contribution in [0.25, 0.3) is 0 Å². The van der Waals surface area contributed by atoms with Gasteiger partial charge in [-0.25, -0.2) is 0 Å². The van der Waals surface area contributed by atoms with Gasteiger partial charge in [0, 0.05) is 39.8 Å². The Morgan fingerprint density at radius 2 is 2.29 bits per heavy atom. The number of hydrogen-bond donors (Lipinski definition) is 2. The van der Waals surface area contributed by atoms with Crippen LogP contribution in [0, 0.1) is 5.41 Å². The van der Waals surface area contributed by atoms with Crippen molar-refractivity contribution in [3.05, 3.63) is 35.4 Å². The molecule has 2 N–H and O–H groups in total. The number of carbonyl (C=O) groups excluding carboxylic acids is 1. The van der Waals surface area contributed by atoms with Crippen LogP contribution >= 0.6 is 0 Å². The molecule has 0 saturated heterocycles. The molecule has 2 rings (SSSR count). The molecule has 21 heavy (non-hydrogen) atoms. The first kappa shape index (κ1) is 16.2. The van der Waals surface area contributed by atoms with E-state index in [0.717, 1.165) is 24.8 Å². The van der Waals surface area contributed by atoms with E-state index >= 15 is 0 Å². The number of nitrogens with one attached hydrogen (secondary N) is 1. The highest BCUT2D eigenvalue weighted by atomic mass is 32.2. The predicted octanol–water partition coefficient (Wildman–Crippen LogP) is 1.85. The number of benzene rings is 1. The van der Waals surface area contributed by atoms with Crippen LogP contribution in [0.1, 0.15) is 42.1 Å². The van der Waals surface area contributed by atoms with Gasteiger partial charge in [0.1, 0.15) is 0 Å². The maximum Gasteiger partial charge on any atom is 0.251 e. The Bertz CT molecular complexity index is 546. The molecule has 1 saturated carbocycles. The summed E-state index contributed by atoms with van der Waals surface area (Å²) in [5.74, 6) is 0.337. The Morgan fingerprint density at radius 1 is 1.52 bits per heavy atom. The predicted molar refractivity (Wildman–Crippen MR) is 84.5 cm³/mol. The van der Waals surface area contributed by atoms with Crippen molar-refractivity contribution in [2.24, 2.45) is 5.41 Å². The van der Waals surface area contributed by atoms with Crippen LogP contribution in [0.3, 0.4) is 0 Å². The lowest BCUT2D eigenvalue weighted by Gasteiger charge is -2.30. The summed E-state index contributed by atoms with van der Waals surface area (Å²) in [4.78, 5) is 12.4. The van der Waals surface area contributed by atoms with Gasteiger partial charge in [0.15, 0.2) is 0 Å². The first-order valence-corrected chi connectivity index (χ1v) is 8.98. The molecule has 3 unspecified atom stereocenters. The maximum absolute atomic E-state index is 12.4. The number of carbonyl (C=O) groups is 1. The van der Waals surface area contributed by atoms with Crippen molar-refractivity contribution in [2.45, 2.75) is 38.0 Å². The molecule has 116 valence electrons. The van der Waals surface area contributed by atoms with Gasteiger partial charge < -0.3 is 10.4 Å². The van der Waals surface area contributed by atoms with Gasteiger partial charge >= 0.3 is 0 Å². The van der Waals surface area contributed by atoms with Gasteiger partial charge in [-0.1, -0.05) is 25.5 Å². The highest BCUT2D eigenvalue weighted by Gasteiger charge is 2.39. The van der Waals surface area contributed by atoms with Gasteiger partial charge in [-0.15, -0.1) is 0 Å². The lowest BCUT2D eigenvalue weighted by Crippen LogP contribution is -2.44. The molecule has 0 spiro atoms. The Hall–Kier alpha value is -1.20. The van der Waals surface area contributed by atoms with Gasteiger partial charge in [-0.05, 0) is 30.5 Å². The van der Waals surface area contributed by atoms with E-state index in [1.54, 1.807) is 18.4 Å². The van der Waals surface area contributed by atoms with Crippen molar-refractivity contribution in [2.75, 3.05) is 12.9 Å². The SMILES string of the molecule is CS(=O)Cc1cccc(C(=O)NC2CCCC2(C)CO)c1. The lowest BCUT2D eigenvalue weighted by atomic mass is 9.85. The van der Waals surface area contributed by atoms with E-state index in [4.69, 9.17) is 0 Å². The molecular formula is C16H23NO3S. The van der Waals surface area contributed by atoms with Gasteiger partial charge in [-0.3, -0.25) is 9.00 Å². The minimum Gasteiger partial charge on any atom is -0.396 e. The average molecular weight is 309 g/mol. The fourth-order valence-electron chi connectivity index (χ4n) is 2.95. The van der Waals surface area contributed by atoms with Crippen LogP contribution in [-0.4, -0.2) is 34.1 Å². The third kappa shape index (κ3) is 3.92. The third-order valence-electron chi connectivity index (χ3n) is 4.31. The van der Waals surface area contributed by atoms with Crippen LogP contribution in [0.2, 0.25) is 0 Å². The molecule has 0 heterocycles. The van der Waals surface area contributed by atoms with E-state index in [-0.39, 0.29) is 24.0 Å². The Morgan fingerprint density at radius 3 is 2.95 bits per heavy atom. The largest absolute Gasteiger partial charge is 0.396 e. The smallest absolute Gasteiger partial charge is 0.251 e. The van der Waals surface area contributed by atoms with E-state index in [9.17, 15) is 14.1 Å². The van der Waals surface area contributed by atoms with E-state index in [1.807, 2.05) is 19.1 Å². The van der Waals surface area contributed by atoms with E-state index < -0.39 is 10.8 Å². The number of amides is 1. The number of hydrogen-bond acceptors (Lipinski definition) is 3. The first-order chi connectivity index (χ1) is 9.94. The lowest BCUT2D eigenvalue weighted by molar-refractivity contribution is 0.0830. The number of rotatable bonds is 5. The molecule has 1 aromatic carbocycles. The Kier molecular flexibility index (Phi) is 5.17. The second-order valence-corrected chi connectivity index (χ2v) is 7.58. The summed E-state index contributed by atoms with van der Waals surface area (Å²) in [7, 11) is -0.921. The summed E-state index contributed by atoms with van der Waals surface area (Å²) in [6, 6.07) is 7.27. The average Bonchev–Trinajstić information content (AvgIpc) is 2.80. The van der Waals surface area contributed by atoms with Crippen LogP contribution in [-0.2, 0) is 16.6 Å². The monoisotopic (exact) mass is 309 g/mol. The number of aliphatic hydroxyl groups excluding tert-OH is 1. The topological polar surface area (TPSA) is 66.4 Å². The van der Waals surface area contributed by atoms with Crippen LogP contribution in [0.5, 0.6) is 0 Å².